The average molecular weight is 456 g/mol. The van der Waals surface area contributed by atoms with Gasteiger partial charge in [0.05, 0.1) is 12.1 Å². The molecule has 0 aliphatic rings. The Labute approximate surface area is 196 Å². The molecule has 4 heterocycles. The first kappa shape index (κ1) is 21.7. The van der Waals surface area contributed by atoms with Crippen LogP contribution < -0.4 is 10.9 Å². The van der Waals surface area contributed by atoms with Gasteiger partial charge in [0.25, 0.3) is 11.5 Å². The number of pyridine rings is 1. The highest BCUT2D eigenvalue weighted by Crippen LogP contribution is 2.16. The van der Waals surface area contributed by atoms with Crippen molar-refractivity contribution in [1.29, 1.82) is 0 Å². The second kappa shape index (κ2) is 9.36. The van der Waals surface area contributed by atoms with Crippen LogP contribution in [0.3, 0.4) is 0 Å². The molecule has 172 valence electrons. The standard InChI is InChI=1S/C26H25N5O3/c1-29(17-19-7-3-2-4-8-19)16-14-28-25(32)23-12-11-20(34-23)18-31-24-21(9-5-13-27-24)30-15-6-10-22(30)26(31)33/h2-13,15H,14,16-18H2,1H3,(H,28,32). The second-order valence-electron chi connectivity index (χ2n) is 8.25. The van der Waals surface area contributed by atoms with Crippen molar-refractivity contribution in [2.24, 2.45) is 0 Å². The van der Waals surface area contributed by atoms with Crippen LogP contribution in [-0.4, -0.2) is 44.9 Å². The summed E-state index contributed by atoms with van der Waals surface area (Å²) in [5.41, 5.74) is 3.00. The van der Waals surface area contributed by atoms with E-state index in [1.165, 1.54) is 5.56 Å². The van der Waals surface area contributed by atoms with Crippen LogP contribution in [-0.2, 0) is 13.1 Å². The third-order valence-electron chi connectivity index (χ3n) is 5.77. The van der Waals surface area contributed by atoms with Crippen LogP contribution in [0.1, 0.15) is 21.9 Å². The molecule has 8 nitrogen and oxygen atoms in total. The van der Waals surface area contributed by atoms with E-state index in [9.17, 15) is 9.59 Å². The van der Waals surface area contributed by atoms with Crippen LogP contribution in [0.2, 0.25) is 0 Å². The third kappa shape index (κ3) is 4.35. The van der Waals surface area contributed by atoms with Crippen LogP contribution in [0.5, 0.6) is 0 Å². The van der Waals surface area contributed by atoms with E-state index in [2.05, 4.69) is 27.3 Å². The number of furan rings is 1. The molecule has 0 radical (unpaired) electrons. The molecule has 0 aliphatic heterocycles. The lowest BCUT2D eigenvalue weighted by Gasteiger charge is -2.16. The van der Waals surface area contributed by atoms with E-state index in [-0.39, 0.29) is 23.8 Å². The summed E-state index contributed by atoms with van der Waals surface area (Å²) >= 11 is 0. The van der Waals surface area contributed by atoms with Gasteiger partial charge in [-0.05, 0) is 49.0 Å². The Morgan fingerprint density at radius 2 is 1.85 bits per heavy atom. The molecule has 8 heteroatoms. The summed E-state index contributed by atoms with van der Waals surface area (Å²) in [5, 5.41) is 2.90. The summed E-state index contributed by atoms with van der Waals surface area (Å²) in [6.07, 6.45) is 3.50. The monoisotopic (exact) mass is 455 g/mol. The fourth-order valence-electron chi connectivity index (χ4n) is 4.09. The highest BCUT2D eigenvalue weighted by atomic mass is 16.4. The molecule has 0 atom stereocenters. The number of hydrogen-bond donors (Lipinski definition) is 1. The highest BCUT2D eigenvalue weighted by molar-refractivity contribution is 5.91. The van der Waals surface area contributed by atoms with Gasteiger partial charge in [0.2, 0.25) is 0 Å². The minimum Gasteiger partial charge on any atom is -0.454 e. The summed E-state index contributed by atoms with van der Waals surface area (Å²) in [5.74, 6) is 0.447. The Kier molecular flexibility index (Phi) is 5.97. The first-order valence-corrected chi connectivity index (χ1v) is 11.1. The smallest absolute Gasteiger partial charge is 0.287 e. The number of rotatable bonds is 8. The lowest BCUT2D eigenvalue weighted by molar-refractivity contribution is 0.0920. The van der Waals surface area contributed by atoms with Crippen molar-refractivity contribution in [2.45, 2.75) is 13.1 Å². The molecule has 0 fully saturated rings. The lowest BCUT2D eigenvalue weighted by Crippen LogP contribution is -2.32. The summed E-state index contributed by atoms with van der Waals surface area (Å²) in [4.78, 5) is 32.2. The van der Waals surface area contributed by atoms with Gasteiger partial charge in [-0.2, -0.15) is 0 Å². The average Bonchev–Trinajstić information content (AvgIpc) is 3.53. The quantitative estimate of drug-likeness (QED) is 0.389. The predicted octanol–water partition coefficient (Wildman–Crippen LogP) is 3.15. The Bertz CT molecular complexity index is 1500. The number of aromatic nitrogens is 3. The van der Waals surface area contributed by atoms with Gasteiger partial charge >= 0.3 is 0 Å². The van der Waals surface area contributed by atoms with Gasteiger partial charge in [-0.3, -0.25) is 14.2 Å². The van der Waals surface area contributed by atoms with E-state index >= 15 is 0 Å². The van der Waals surface area contributed by atoms with Crippen LogP contribution in [0.4, 0.5) is 0 Å². The van der Waals surface area contributed by atoms with Crippen LogP contribution in [0, 0.1) is 0 Å². The van der Waals surface area contributed by atoms with Crippen molar-refractivity contribution in [3.8, 4) is 0 Å². The van der Waals surface area contributed by atoms with Crippen molar-refractivity contribution in [3.63, 3.8) is 0 Å². The molecule has 0 bridgehead atoms. The van der Waals surface area contributed by atoms with Gasteiger partial charge in [-0.15, -0.1) is 0 Å². The largest absolute Gasteiger partial charge is 0.454 e. The molecule has 5 aromatic rings. The summed E-state index contributed by atoms with van der Waals surface area (Å²) < 4.78 is 9.18. The fraction of sp³-hybridized carbons (Fsp3) is 0.192. The van der Waals surface area contributed by atoms with Crippen LogP contribution in [0.15, 0.2) is 88.3 Å². The van der Waals surface area contributed by atoms with Gasteiger partial charge in [0.1, 0.15) is 11.3 Å². The molecule has 0 saturated heterocycles. The highest BCUT2D eigenvalue weighted by Gasteiger charge is 2.15. The molecule has 0 aliphatic carbocycles. The van der Waals surface area contributed by atoms with Crippen molar-refractivity contribution in [2.75, 3.05) is 20.1 Å². The Morgan fingerprint density at radius 1 is 1.03 bits per heavy atom. The van der Waals surface area contributed by atoms with Crippen LogP contribution in [0.25, 0.3) is 16.7 Å². The lowest BCUT2D eigenvalue weighted by atomic mass is 10.2. The zero-order valence-corrected chi connectivity index (χ0v) is 18.8. The normalized spacial score (nSPS) is 11.5. The molecule has 0 spiro atoms. The molecule has 5 rings (SSSR count). The minimum absolute atomic E-state index is 0.167. The van der Waals surface area contributed by atoms with E-state index in [0.717, 1.165) is 12.1 Å². The Hall–Kier alpha value is -4.17. The van der Waals surface area contributed by atoms with Gasteiger partial charge in [0.15, 0.2) is 11.4 Å². The number of carbonyl (C=O) groups is 1. The maximum absolute atomic E-state index is 13.1. The predicted molar refractivity (Wildman–Crippen MR) is 130 cm³/mol. The summed E-state index contributed by atoms with van der Waals surface area (Å²) in [7, 11) is 2.02. The molecular formula is C26H25N5O3. The number of likely N-dealkylation sites (N-methyl/N-ethyl adjacent to an activating group) is 1. The second-order valence-corrected chi connectivity index (χ2v) is 8.25. The topological polar surface area (TPSA) is 84.8 Å². The molecule has 1 N–H and O–H groups in total. The first-order valence-electron chi connectivity index (χ1n) is 11.1. The molecule has 0 unspecified atom stereocenters. The summed E-state index contributed by atoms with van der Waals surface area (Å²) in [6.45, 7) is 2.20. The molecule has 4 aromatic heterocycles. The number of nitrogens with one attached hydrogen (secondary N) is 1. The van der Waals surface area contributed by atoms with Gasteiger partial charge in [0, 0.05) is 32.0 Å². The van der Waals surface area contributed by atoms with Gasteiger partial charge in [-0.25, -0.2) is 4.98 Å². The minimum atomic E-state index is -0.281. The Balaban J connectivity index is 1.25. The number of carbonyl (C=O) groups excluding carboxylic acids is 1. The number of nitrogens with zero attached hydrogens (tertiary/aromatic N) is 4. The van der Waals surface area contributed by atoms with E-state index in [1.807, 2.05) is 54.0 Å². The molecule has 1 amide bonds. The van der Waals surface area contributed by atoms with Crippen LogP contribution >= 0.6 is 0 Å². The number of benzene rings is 1. The summed E-state index contributed by atoms with van der Waals surface area (Å²) in [6, 6.07) is 20.9. The maximum Gasteiger partial charge on any atom is 0.287 e. The van der Waals surface area contributed by atoms with E-state index in [4.69, 9.17) is 4.42 Å². The fourth-order valence-corrected chi connectivity index (χ4v) is 4.09. The number of amides is 1. The van der Waals surface area contributed by atoms with Crippen molar-refractivity contribution in [3.05, 3.63) is 107 Å². The van der Waals surface area contributed by atoms with Crippen molar-refractivity contribution in [1.82, 2.24) is 24.2 Å². The zero-order chi connectivity index (χ0) is 23.5. The maximum atomic E-state index is 13.1. The molecule has 1 aromatic carbocycles. The molecule has 0 saturated carbocycles. The Morgan fingerprint density at radius 3 is 2.71 bits per heavy atom. The zero-order valence-electron chi connectivity index (χ0n) is 18.8. The van der Waals surface area contributed by atoms with Crippen molar-refractivity contribution >= 4 is 22.6 Å². The number of fused-ring (bicyclic) bond motifs is 3. The molecular weight excluding hydrogens is 430 g/mol. The van der Waals surface area contributed by atoms with Gasteiger partial charge in [-0.1, -0.05) is 30.3 Å². The van der Waals surface area contributed by atoms with E-state index < -0.39 is 0 Å². The van der Waals surface area contributed by atoms with E-state index in [1.54, 1.807) is 29.0 Å². The van der Waals surface area contributed by atoms with E-state index in [0.29, 0.717) is 30.0 Å². The van der Waals surface area contributed by atoms with Crippen molar-refractivity contribution < 1.29 is 9.21 Å². The third-order valence-corrected chi connectivity index (χ3v) is 5.77. The number of hydrogen-bond acceptors (Lipinski definition) is 5. The van der Waals surface area contributed by atoms with Gasteiger partial charge < -0.3 is 19.0 Å². The molecule has 34 heavy (non-hydrogen) atoms. The SMILES string of the molecule is CN(CCNC(=O)c1ccc(Cn2c(=O)c3cccn3c3cccnc32)o1)Cc1ccccc1. The first-order chi connectivity index (χ1) is 16.6.